The van der Waals surface area contributed by atoms with Gasteiger partial charge < -0.3 is 0 Å². The second-order valence-electron chi connectivity index (χ2n) is 4.89. The van der Waals surface area contributed by atoms with Gasteiger partial charge in [-0.25, -0.2) is 4.39 Å². The first-order chi connectivity index (χ1) is 8.06. The molecule has 0 heterocycles. The van der Waals surface area contributed by atoms with Gasteiger partial charge in [0.1, 0.15) is 5.82 Å². The van der Waals surface area contributed by atoms with E-state index in [1.807, 2.05) is 13.0 Å². The normalized spacial score (nSPS) is 14.6. The van der Waals surface area contributed by atoms with Crippen molar-refractivity contribution in [2.45, 2.75) is 46.1 Å². The number of hydrogen-bond acceptors (Lipinski definition) is 2. The first kappa shape index (κ1) is 14.1. The third kappa shape index (κ3) is 4.44. The largest absolute Gasteiger partial charge is 0.271 e. The summed E-state index contributed by atoms with van der Waals surface area (Å²) in [6, 6.07) is 5.20. The fourth-order valence-electron chi connectivity index (χ4n) is 2.02. The first-order valence-corrected chi connectivity index (χ1v) is 6.28. The molecule has 0 bridgehead atoms. The maximum atomic E-state index is 13.0. The van der Waals surface area contributed by atoms with Gasteiger partial charge >= 0.3 is 0 Å². The second kappa shape index (κ2) is 6.72. The van der Waals surface area contributed by atoms with Crippen molar-refractivity contribution in [1.29, 1.82) is 0 Å². The van der Waals surface area contributed by atoms with E-state index in [9.17, 15) is 4.39 Å². The van der Waals surface area contributed by atoms with Crippen LogP contribution >= 0.6 is 0 Å². The summed E-state index contributed by atoms with van der Waals surface area (Å²) in [4.78, 5) is 0. The molecular weight excluding hydrogens is 215 g/mol. The lowest BCUT2D eigenvalue weighted by Crippen LogP contribution is -2.38. The molecule has 0 amide bonds. The summed E-state index contributed by atoms with van der Waals surface area (Å²) in [5.41, 5.74) is 5.02. The average molecular weight is 238 g/mol. The van der Waals surface area contributed by atoms with Crippen LogP contribution in [0.2, 0.25) is 0 Å². The molecule has 96 valence electrons. The molecule has 1 aromatic carbocycles. The van der Waals surface area contributed by atoms with E-state index in [0.717, 1.165) is 30.4 Å². The summed E-state index contributed by atoms with van der Waals surface area (Å²) < 4.78 is 13.0. The summed E-state index contributed by atoms with van der Waals surface area (Å²) in [6.07, 6.45) is 3.05. The van der Waals surface area contributed by atoms with E-state index in [0.29, 0.717) is 5.92 Å². The molecule has 0 saturated heterocycles. The van der Waals surface area contributed by atoms with Crippen LogP contribution in [0.4, 0.5) is 4.39 Å². The van der Waals surface area contributed by atoms with Crippen LogP contribution in [0.5, 0.6) is 0 Å². The van der Waals surface area contributed by atoms with Gasteiger partial charge in [-0.15, -0.1) is 0 Å². The van der Waals surface area contributed by atoms with E-state index in [4.69, 9.17) is 5.84 Å². The van der Waals surface area contributed by atoms with Gasteiger partial charge in [0.2, 0.25) is 0 Å². The number of rotatable bonds is 6. The minimum Gasteiger partial charge on any atom is -0.271 e. The summed E-state index contributed by atoms with van der Waals surface area (Å²) in [7, 11) is 0. The fraction of sp³-hybridized carbons (Fsp3) is 0.571. The van der Waals surface area contributed by atoms with Crippen LogP contribution in [0.3, 0.4) is 0 Å². The molecule has 2 nitrogen and oxygen atoms in total. The zero-order valence-electron chi connectivity index (χ0n) is 11.0. The molecule has 0 aromatic heterocycles. The lowest BCUT2D eigenvalue weighted by atomic mass is 9.93. The van der Waals surface area contributed by atoms with Gasteiger partial charge in [-0.05, 0) is 48.9 Å². The van der Waals surface area contributed by atoms with E-state index in [2.05, 4.69) is 19.3 Å². The predicted molar refractivity (Wildman–Crippen MR) is 70.0 cm³/mol. The molecule has 1 aromatic rings. The Bertz CT molecular complexity index is 352. The van der Waals surface area contributed by atoms with Gasteiger partial charge in [-0.2, -0.15) is 0 Å². The SMILES string of the molecule is CCC(C)CC(Cc1ccc(F)cc1C)NN. The zero-order valence-corrected chi connectivity index (χ0v) is 11.0. The lowest BCUT2D eigenvalue weighted by Gasteiger charge is -2.20. The van der Waals surface area contributed by atoms with E-state index in [1.54, 1.807) is 6.07 Å². The van der Waals surface area contributed by atoms with Gasteiger partial charge in [-0.1, -0.05) is 26.3 Å². The van der Waals surface area contributed by atoms with Crippen LogP contribution in [0, 0.1) is 18.7 Å². The Morgan fingerprint density at radius 1 is 1.41 bits per heavy atom. The summed E-state index contributed by atoms with van der Waals surface area (Å²) in [5, 5.41) is 0. The van der Waals surface area contributed by atoms with Crippen LogP contribution in [-0.2, 0) is 6.42 Å². The monoisotopic (exact) mass is 238 g/mol. The minimum absolute atomic E-state index is 0.176. The summed E-state index contributed by atoms with van der Waals surface area (Å²) >= 11 is 0. The number of nitrogens with two attached hydrogens (primary N) is 1. The van der Waals surface area contributed by atoms with E-state index in [-0.39, 0.29) is 11.9 Å². The van der Waals surface area contributed by atoms with E-state index < -0.39 is 0 Å². The highest BCUT2D eigenvalue weighted by atomic mass is 19.1. The van der Waals surface area contributed by atoms with Crippen molar-refractivity contribution in [2.75, 3.05) is 0 Å². The standard InChI is InChI=1S/C14H23FN2/c1-4-10(2)7-14(17-16)9-12-5-6-13(15)8-11(12)3/h5-6,8,10,14,17H,4,7,9,16H2,1-3H3. The number of hydrogen-bond donors (Lipinski definition) is 2. The Balaban J connectivity index is 2.67. The Morgan fingerprint density at radius 2 is 2.12 bits per heavy atom. The summed E-state index contributed by atoms with van der Waals surface area (Å²) in [6.45, 7) is 6.35. The van der Waals surface area contributed by atoms with Crippen LogP contribution in [0.25, 0.3) is 0 Å². The molecule has 2 unspecified atom stereocenters. The van der Waals surface area contributed by atoms with Crippen LogP contribution in [-0.4, -0.2) is 6.04 Å². The molecular formula is C14H23FN2. The van der Waals surface area contributed by atoms with E-state index >= 15 is 0 Å². The molecule has 3 heteroatoms. The maximum Gasteiger partial charge on any atom is 0.123 e. The van der Waals surface area contributed by atoms with Crippen molar-refractivity contribution in [3.63, 3.8) is 0 Å². The van der Waals surface area contributed by atoms with Crippen molar-refractivity contribution in [2.24, 2.45) is 11.8 Å². The lowest BCUT2D eigenvalue weighted by molar-refractivity contribution is 0.396. The Labute approximate surface area is 103 Å². The summed E-state index contributed by atoms with van der Waals surface area (Å²) in [5.74, 6) is 6.05. The highest BCUT2D eigenvalue weighted by Gasteiger charge is 2.12. The van der Waals surface area contributed by atoms with Crippen molar-refractivity contribution < 1.29 is 4.39 Å². The van der Waals surface area contributed by atoms with Crippen LogP contribution in [0.1, 0.15) is 37.8 Å². The van der Waals surface area contributed by atoms with Gasteiger partial charge in [0.15, 0.2) is 0 Å². The topological polar surface area (TPSA) is 38.0 Å². The van der Waals surface area contributed by atoms with Crippen molar-refractivity contribution >= 4 is 0 Å². The molecule has 2 atom stereocenters. The minimum atomic E-state index is -0.176. The van der Waals surface area contributed by atoms with Gasteiger partial charge in [0.25, 0.3) is 0 Å². The molecule has 17 heavy (non-hydrogen) atoms. The highest BCUT2D eigenvalue weighted by molar-refractivity contribution is 5.27. The van der Waals surface area contributed by atoms with Crippen molar-refractivity contribution in [1.82, 2.24) is 5.43 Å². The molecule has 3 N–H and O–H groups in total. The molecule has 1 rings (SSSR count). The molecule has 0 aliphatic heterocycles. The number of benzene rings is 1. The quantitative estimate of drug-likeness (QED) is 0.590. The van der Waals surface area contributed by atoms with Crippen LogP contribution in [0.15, 0.2) is 18.2 Å². The number of halogens is 1. The Kier molecular flexibility index (Phi) is 5.59. The van der Waals surface area contributed by atoms with Crippen molar-refractivity contribution in [3.05, 3.63) is 35.1 Å². The zero-order chi connectivity index (χ0) is 12.8. The molecule has 0 aliphatic carbocycles. The number of hydrazine groups is 1. The fourth-order valence-corrected chi connectivity index (χ4v) is 2.02. The average Bonchev–Trinajstić information content (AvgIpc) is 2.31. The van der Waals surface area contributed by atoms with Gasteiger partial charge in [-0.3, -0.25) is 11.3 Å². The molecule has 0 spiro atoms. The molecule has 0 aliphatic rings. The highest BCUT2D eigenvalue weighted by Crippen LogP contribution is 2.16. The second-order valence-corrected chi connectivity index (χ2v) is 4.89. The number of aryl methyl sites for hydroxylation is 1. The number of nitrogens with one attached hydrogen (secondary N) is 1. The maximum absolute atomic E-state index is 13.0. The first-order valence-electron chi connectivity index (χ1n) is 6.28. The third-order valence-electron chi connectivity index (χ3n) is 3.39. The Hall–Kier alpha value is -0.930. The van der Waals surface area contributed by atoms with Crippen LogP contribution < -0.4 is 11.3 Å². The van der Waals surface area contributed by atoms with Crippen molar-refractivity contribution in [3.8, 4) is 0 Å². The molecule has 0 fully saturated rings. The smallest absolute Gasteiger partial charge is 0.123 e. The Morgan fingerprint density at radius 3 is 2.65 bits per heavy atom. The van der Waals surface area contributed by atoms with Gasteiger partial charge in [0.05, 0.1) is 0 Å². The predicted octanol–water partition coefficient (Wildman–Crippen LogP) is 2.94. The van der Waals surface area contributed by atoms with E-state index in [1.165, 1.54) is 6.07 Å². The van der Waals surface area contributed by atoms with Gasteiger partial charge in [0, 0.05) is 6.04 Å². The third-order valence-corrected chi connectivity index (χ3v) is 3.39. The molecule has 0 saturated carbocycles. The molecule has 0 radical (unpaired) electrons.